The molecule has 0 aromatic heterocycles. The SMILES string of the molecule is CC(=O)CC[C@H]1CN(c2ccc(C34CC3CN(C(=O)N(C)C)C4)cc2)C(=O)O1. The van der Waals surface area contributed by atoms with E-state index in [0.29, 0.717) is 25.3 Å². The average Bonchev–Trinajstić information content (AvgIpc) is 3.04. The van der Waals surface area contributed by atoms with Gasteiger partial charge in [0.15, 0.2) is 0 Å². The van der Waals surface area contributed by atoms with Gasteiger partial charge in [0.1, 0.15) is 11.9 Å². The van der Waals surface area contributed by atoms with Crippen molar-refractivity contribution in [3.05, 3.63) is 29.8 Å². The molecule has 2 saturated heterocycles. The lowest BCUT2D eigenvalue weighted by Gasteiger charge is -2.25. The Balaban J connectivity index is 1.42. The van der Waals surface area contributed by atoms with Gasteiger partial charge in [-0.3, -0.25) is 4.90 Å². The minimum absolute atomic E-state index is 0.0691. The number of carbonyl (C=O) groups excluding carboxylic acids is 3. The van der Waals surface area contributed by atoms with Gasteiger partial charge in [-0.05, 0) is 43.4 Å². The van der Waals surface area contributed by atoms with E-state index < -0.39 is 0 Å². The van der Waals surface area contributed by atoms with Crippen molar-refractivity contribution in [2.45, 2.75) is 37.7 Å². The molecule has 3 atom stereocenters. The molecule has 7 nitrogen and oxygen atoms in total. The van der Waals surface area contributed by atoms with Crippen LogP contribution in [0.5, 0.6) is 0 Å². The number of nitrogens with zero attached hydrogens (tertiary/aromatic N) is 3. The number of ether oxygens (including phenoxy) is 1. The molecule has 3 aliphatic rings. The van der Waals surface area contributed by atoms with Gasteiger partial charge in [-0.1, -0.05) is 12.1 Å². The number of anilines is 1. The Morgan fingerprint density at radius 2 is 1.93 bits per heavy atom. The molecule has 0 bridgehead atoms. The smallest absolute Gasteiger partial charge is 0.414 e. The summed E-state index contributed by atoms with van der Waals surface area (Å²) < 4.78 is 5.39. The average molecular weight is 385 g/mol. The van der Waals surface area contributed by atoms with Gasteiger partial charge >= 0.3 is 12.1 Å². The maximum Gasteiger partial charge on any atom is 0.414 e. The van der Waals surface area contributed by atoms with Crippen LogP contribution in [0.2, 0.25) is 0 Å². The molecule has 3 fully saturated rings. The van der Waals surface area contributed by atoms with Crippen LogP contribution in [0, 0.1) is 5.92 Å². The molecule has 1 saturated carbocycles. The van der Waals surface area contributed by atoms with Crippen LogP contribution < -0.4 is 4.90 Å². The van der Waals surface area contributed by atoms with E-state index in [9.17, 15) is 14.4 Å². The number of ketones is 1. The topological polar surface area (TPSA) is 70.2 Å². The van der Waals surface area contributed by atoms with E-state index in [4.69, 9.17) is 4.74 Å². The lowest BCUT2D eigenvalue weighted by Crippen LogP contribution is -2.40. The summed E-state index contributed by atoms with van der Waals surface area (Å²) in [4.78, 5) is 40.8. The standard InChI is InChI=1S/C21H27N3O4/c1-14(25)4-9-18-12-24(20(27)28-18)17-7-5-15(6-8-17)21-10-16(21)11-23(13-21)19(26)22(2)3/h5-8,16,18H,4,9-13H2,1-3H3/t16?,18-,21?/m0/s1. The van der Waals surface area contributed by atoms with Crippen LogP contribution in [0.15, 0.2) is 24.3 Å². The van der Waals surface area contributed by atoms with Gasteiger partial charge < -0.3 is 19.3 Å². The molecular formula is C21H27N3O4. The zero-order chi connectivity index (χ0) is 20.1. The molecule has 4 rings (SSSR count). The Morgan fingerprint density at radius 3 is 2.57 bits per heavy atom. The molecule has 2 heterocycles. The molecule has 150 valence electrons. The maximum absolute atomic E-state index is 12.2. The van der Waals surface area contributed by atoms with E-state index >= 15 is 0 Å². The first kappa shape index (κ1) is 18.8. The number of cyclic esters (lactones) is 1. The molecule has 0 radical (unpaired) electrons. The van der Waals surface area contributed by atoms with E-state index in [0.717, 1.165) is 25.2 Å². The Morgan fingerprint density at radius 1 is 1.21 bits per heavy atom. The first-order valence-corrected chi connectivity index (χ1v) is 9.84. The molecule has 28 heavy (non-hydrogen) atoms. The lowest BCUT2D eigenvalue weighted by atomic mass is 9.94. The van der Waals surface area contributed by atoms with Crippen LogP contribution in [0.25, 0.3) is 0 Å². The van der Waals surface area contributed by atoms with Crippen molar-refractivity contribution < 1.29 is 19.1 Å². The summed E-state index contributed by atoms with van der Waals surface area (Å²) in [6.07, 6.45) is 1.52. The fourth-order valence-corrected chi connectivity index (χ4v) is 4.58. The number of urea groups is 1. The van der Waals surface area contributed by atoms with E-state index in [-0.39, 0.29) is 29.4 Å². The second-order valence-corrected chi connectivity index (χ2v) is 8.52. The van der Waals surface area contributed by atoms with Crippen molar-refractivity contribution >= 4 is 23.6 Å². The minimum Gasteiger partial charge on any atom is -0.444 e. The van der Waals surface area contributed by atoms with Crippen molar-refractivity contribution in [1.82, 2.24) is 9.80 Å². The normalized spacial score (nSPS) is 28.2. The summed E-state index contributed by atoms with van der Waals surface area (Å²) in [5.41, 5.74) is 2.11. The van der Waals surface area contributed by atoms with Gasteiger partial charge in [0.05, 0.1) is 6.54 Å². The van der Waals surface area contributed by atoms with Crippen LogP contribution in [-0.4, -0.2) is 67.5 Å². The van der Waals surface area contributed by atoms with Crippen molar-refractivity contribution in [1.29, 1.82) is 0 Å². The number of fused-ring (bicyclic) bond motifs is 1. The molecule has 0 N–H and O–H groups in total. The summed E-state index contributed by atoms with van der Waals surface area (Å²) in [6.45, 7) is 3.60. The van der Waals surface area contributed by atoms with Gasteiger partial charge in [-0.2, -0.15) is 0 Å². The van der Waals surface area contributed by atoms with Crippen molar-refractivity contribution in [3.8, 4) is 0 Å². The molecule has 7 heteroatoms. The zero-order valence-electron chi connectivity index (χ0n) is 16.7. The molecule has 2 unspecified atom stereocenters. The lowest BCUT2D eigenvalue weighted by molar-refractivity contribution is -0.117. The van der Waals surface area contributed by atoms with Crippen molar-refractivity contribution in [2.24, 2.45) is 5.92 Å². The first-order chi connectivity index (χ1) is 13.3. The second-order valence-electron chi connectivity index (χ2n) is 8.52. The zero-order valence-corrected chi connectivity index (χ0v) is 16.7. The van der Waals surface area contributed by atoms with E-state index in [1.54, 1.807) is 30.8 Å². The highest BCUT2D eigenvalue weighted by atomic mass is 16.6. The van der Waals surface area contributed by atoms with Gasteiger partial charge in [-0.15, -0.1) is 0 Å². The fourth-order valence-electron chi connectivity index (χ4n) is 4.58. The molecule has 2 aliphatic heterocycles. The Kier molecular flexibility index (Phi) is 4.56. The number of carbonyl (C=O) groups is 3. The number of hydrogen-bond acceptors (Lipinski definition) is 4. The summed E-state index contributed by atoms with van der Waals surface area (Å²) in [5, 5.41) is 0. The van der Waals surface area contributed by atoms with Crippen molar-refractivity contribution in [2.75, 3.05) is 38.6 Å². The highest BCUT2D eigenvalue weighted by Crippen LogP contribution is 2.59. The molecule has 3 amide bonds. The molecule has 1 aliphatic carbocycles. The number of benzene rings is 1. The van der Waals surface area contributed by atoms with Crippen LogP contribution in [0.1, 0.15) is 31.7 Å². The highest BCUT2D eigenvalue weighted by Gasteiger charge is 2.61. The summed E-state index contributed by atoms with van der Waals surface area (Å²) in [6, 6.07) is 8.15. The number of piperidine rings is 1. The van der Waals surface area contributed by atoms with Crippen molar-refractivity contribution in [3.63, 3.8) is 0 Å². The number of Topliss-reactive ketones (excluding diaryl/α,β-unsaturated/α-hetero) is 1. The Labute approximate surface area is 165 Å². The number of hydrogen-bond donors (Lipinski definition) is 0. The van der Waals surface area contributed by atoms with Crippen LogP contribution in [0.3, 0.4) is 0 Å². The maximum atomic E-state index is 12.2. The van der Waals surface area contributed by atoms with Crippen LogP contribution in [0.4, 0.5) is 15.3 Å². The number of likely N-dealkylation sites (tertiary alicyclic amines) is 1. The van der Waals surface area contributed by atoms with Crippen LogP contribution >= 0.6 is 0 Å². The summed E-state index contributed by atoms with van der Waals surface area (Å²) in [7, 11) is 3.57. The van der Waals surface area contributed by atoms with E-state index in [1.165, 1.54) is 5.56 Å². The predicted molar refractivity (Wildman–Crippen MR) is 104 cm³/mol. The minimum atomic E-state index is -0.354. The molecule has 0 spiro atoms. The summed E-state index contributed by atoms with van der Waals surface area (Å²) >= 11 is 0. The quantitative estimate of drug-likeness (QED) is 0.781. The monoisotopic (exact) mass is 385 g/mol. The fraction of sp³-hybridized carbons (Fsp3) is 0.571. The highest BCUT2D eigenvalue weighted by molar-refractivity contribution is 5.89. The van der Waals surface area contributed by atoms with Gasteiger partial charge in [0.2, 0.25) is 0 Å². The van der Waals surface area contributed by atoms with Gasteiger partial charge in [0.25, 0.3) is 0 Å². The van der Waals surface area contributed by atoms with Gasteiger partial charge in [0, 0.05) is 44.7 Å². The third-order valence-electron chi connectivity index (χ3n) is 6.25. The molecular weight excluding hydrogens is 358 g/mol. The largest absolute Gasteiger partial charge is 0.444 e. The second kappa shape index (κ2) is 6.79. The summed E-state index contributed by atoms with van der Waals surface area (Å²) in [5.74, 6) is 0.630. The number of amides is 3. The Bertz CT molecular complexity index is 806. The third-order valence-corrected chi connectivity index (χ3v) is 6.25. The number of rotatable bonds is 5. The van der Waals surface area contributed by atoms with E-state index in [1.807, 2.05) is 17.0 Å². The predicted octanol–water partition coefficient (Wildman–Crippen LogP) is 2.64. The van der Waals surface area contributed by atoms with E-state index in [2.05, 4.69) is 12.1 Å². The van der Waals surface area contributed by atoms with Crippen LogP contribution in [-0.2, 0) is 14.9 Å². The molecule has 1 aromatic carbocycles. The molecule has 1 aromatic rings. The van der Waals surface area contributed by atoms with Gasteiger partial charge in [-0.25, -0.2) is 9.59 Å². The first-order valence-electron chi connectivity index (χ1n) is 9.84. The Hall–Kier alpha value is -2.57. The third kappa shape index (κ3) is 3.23.